The Bertz CT molecular complexity index is 928. The second-order valence-corrected chi connectivity index (χ2v) is 6.46. The largest absolute Gasteiger partial charge is 0.481 e. The number of halogens is 1. The molecule has 0 radical (unpaired) electrons. The molecule has 2 aromatic carbocycles. The number of nitrogens with one attached hydrogen (secondary N) is 1. The van der Waals surface area contributed by atoms with Gasteiger partial charge in [0, 0.05) is 30.9 Å². The van der Waals surface area contributed by atoms with E-state index >= 15 is 0 Å². The van der Waals surface area contributed by atoms with Crippen molar-refractivity contribution in [3.05, 3.63) is 64.0 Å². The Morgan fingerprint density at radius 2 is 2.00 bits per heavy atom. The van der Waals surface area contributed by atoms with Crippen LogP contribution in [0.3, 0.4) is 0 Å². The van der Waals surface area contributed by atoms with Gasteiger partial charge in [-0.25, -0.2) is 4.39 Å². The van der Waals surface area contributed by atoms with Crippen molar-refractivity contribution in [2.75, 3.05) is 25.0 Å². The van der Waals surface area contributed by atoms with Crippen LogP contribution in [0.2, 0.25) is 0 Å². The van der Waals surface area contributed by atoms with Crippen LogP contribution >= 0.6 is 0 Å². The maximum atomic E-state index is 13.5. The van der Waals surface area contributed by atoms with Crippen molar-refractivity contribution in [2.45, 2.75) is 6.92 Å². The van der Waals surface area contributed by atoms with Crippen LogP contribution in [0.25, 0.3) is 0 Å². The first-order chi connectivity index (χ1) is 13.3. The Morgan fingerprint density at radius 3 is 2.64 bits per heavy atom. The van der Waals surface area contributed by atoms with Crippen LogP contribution in [-0.4, -0.2) is 41.3 Å². The Morgan fingerprint density at radius 1 is 1.29 bits per heavy atom. The summed E-state index contributed by atoms with van der Waals surface area (Å²) in [4.78, 5) is 36.1. The first-order valence-corrected chi connectivity index (χ1v) is 8.56. The molecule has 3 rings (SSSR count). The molecule has 146 valence electrons. The third-order valence-corrected chi connectivity index (χ3v) is 4.47. The van der Waals surface area contributed by atoms with E-state index in [0.717, 1.165) is 0 Å². The number of nitro groups is 1. The van der Waals surface area contributed by atoms with Gasteiger partial charge in [-0.2, -0.15) is 0 Å². The Labute approximate surface area is 160 Å². The van der Waals surface area contributed by atoms with Gasteiger partial charge in [-0.1, -0.05) is 12.1 Å². The number of hydrogen-bond acceptors (Lipinski definition) is 5. The third kappa shape index (κ3) is 4.25. The minimum Gasteiger partial charge on any atom is -0.481 e. The fraction of sp³-hybridized carbons (Fsp3) is 0.263. The number of para-hydroxylation sites is 1. The van der Waals surface area contributed by atoms with Crippen LogP contribution < -0.4 is 10.1 Å². The second-order valence-electron chi connectivity index (χ2n) is 6.46. The quantitative estimate of drug-likeness (QED) is 0.606. The minimum atomic E-state index is -0.547. The Kier molecular flexibility index (Phi) is 5.53. The molecule has 1 N–H and O–H groups in total. The summed E-state index contributed by atoms with van der Waals surface area (Å²) in [6.45, 7) is 1.82. The molecule has 2 aromatic rings. The van der Waals surface area contributed by atoms with Crippen molar-refractivity contribution in [2.24, 2.45) is 5.92 Å². The zero-order valence-electron chi connectivity index (χ0n) is 15.1. The van der Waals surface area contributed by atoms with E-state index in [1.54, 1.807) is 13.0 Å². The molecule has 28 heavy (non-hydrogen) atoms. The number of likely N-dealkylation sites (tertiary alicyclic amines) is 1. The summed E-state index contributed by atoms with van der Waals surface area (Å²) < 4.78 is 18.6. The van der Waals surface area contributed by atoms with Gasteiger partial charge in [-0.3, -0.25) is 19.7 Å². The van der Waals surface area contributed by atoms with Crippen LogP contribution in [-0.2, 0) is 9.59 Å². The number of anilines is 1. The van der Waals surface area contributed by atoms with E-state index in [4.69, 9.17) is 4.74 Å². The number of non-ortho nitro benzene ring substituents is 1. The molecule has 0 aliphatic carbocycles. The van der Waals surface area contributed by atoms with E-state index in [1.807, 2.05) is 0 Å². The molecule has 1 fully saturated rings. The zero-order chi connectivity index (χ0) is 20.3. The molecular weight excluding hydrogens is 369 g/mol. The molecule has 0 aromatic heterocycles. The van der Waals surface area contributed by atoms with Gasteiger partial charge in [-0.05, 0) is 30.7 Å². The van der Waals surface area contributed by atoms with Crippen LogP contribution in [0, 0.1) is 28.8 Å². The number of amides is 2. The third-order valence-electron chi connectivity index (χ3n) is 4.47. The number of nitro benzene ring substituents is 1. The molecule has 9 heteroatoms. The lowest BCUT2D eigenvalue weighted by Gasteiger charge is -2.38. The van der Waals surface area contributed by atoms with Crippen molar-refractivity contribution >= 4 is 23.2 Å². The van der Waals surface area contributed by atoms with Gasteiger partial charge in [0.1, 0.15) is 0 Å². The number of nitrogens with zero attached hydrogens (tertiary/aromatic N) is 2. The summed E-state index contributed by atoms with van der Waals surface area (Å²) in [5.41, 5.74) is 1.02. The first-order valence-electron chi connectivity index (χ1n) is 8.56. The number of benzene rings is 2. The van der Waals surface area contributed by atoms with Crippen LogP contribution in [0.15, 0.2) is 42.5 Å². The van der Waals surface area contributed by atoms with Crippen LogP contribution in [0.5, 0.6) is 5.75 Å². The molecule has 1 aliphatic rings. The summed E-state index contributed by atoms with van der Waals surface area (Å²) >= 11 is 0. The maximum absolute atomic E-state index is 13.5. The summed E-state index contributed by atoms with van der Waals surface area (Å²) in [5, 5.41) is 13.5. The van der Waals surface area contributed by atoms with E-state index < -0.39 is 10.7 Å². The molecule has 1 aliphatic heterocycles. The topological polar surface area (TPSA) is 102 Å². The highest BCUT2D eigenvalue weighted by Crippen LogP contribution is 2.24. The Balaban J connectivity index is 1.48. The van der Waals surface area contributed by atoms with Gasteiger partial charge in [0.25, 0.3) is 11.6 Å². The highest BCUT2D eigenvalue weighted by atomic mass is 19.1. The SMILES string of the molecule is Cc1cc([N+](=O)[O-])ccc1NC(=O)C1CN(C(=O)COc2ccccc2F)C1. The second kappa shape index (κ2) is 8.03. The van der Waals surface area contributed by atoms with E-state index in [2.05, 4.69) is 5.32 Å². The molecule has 0 spiro atoms. The van der Waals surface area contributed by atoms with Gasteiger partial charge >= 0.3 is 0 Å². The van der Waals surface area contributed by atoms with E-state index in [0.29, 0.717) is 11.3 Å². The smallest absolute Gasteiger partial charge is 0.269 e. The number of hydrogen-bond donors (Lipinski definition) is 1. The number of rotatable bonds is 6. The van der Waals surface area contributed by atoms with Crippen molar-refractivity contribution in [1.29, 1.82) is 0 Å². The van der Waals surface area contributed by atoms with E-state index in [1.165, 1.54) is 41.3 Å². The van der Waals surface area contributed by atoms with E-state index in [-0.39, 0.29) is 48.9 Å². The number of carbonyl (C=O) groups excluding carboxylic acids is 2. The molecule has 0 unspecified atom stereocenters. The summed E-state index contributed by atoms with van der Waals surface area (Å²) in [5.74, 6) is -1.53. The maximum Gasteiger partial charge on any atom is 0.269 e. The molecule has 0 bridgehead atoms. The number of aryl methyl sites for hydroxylation is 1. The average molecular weight is 387 g/mol. The van der Waals surface area contributed by atoms with E-state index in [9.17, 15) is 24.1 Å². The lowest BCUT2D eigenvalue weighted by molar-refractivity contribution is -0.384. The normalized spacial score (nSPS) is 13.6. The molecule has 1 heterocycles. The average Bonchev–Trinajstić information content (AvgIpc) is 2.61. The van der Waals surface area contributed by atoms with Crippen molar-refractivity contribution in [1.82, 2.24) is 4.90 Å². The minimum absolute atomic E-state index is 0.000636. The summed E-state index contributed by atoms with van der Waals surface area (Å²) in [7, 11) is 0. The zero-order valence-corrected chi connectivity index (χ0v) is 15.1. The van der Waals surface area contributed by atoms with Gasteiger partial charge in [0.2, 0.25) is 5.91 Å². The molecule has 0 atom stereocenters. The van der Waals surface area contributed by atoms with Gasteiger partial charge in [0.15, 0.2) is 18.2 Å². The highest BCUT2D eigenvalue weighted by Gasteiger charge is 2.36. The van der Waals surface area contributed by atoms with Gasteiger partial charge in [0.05, 0.1) is 10.8 Å². The lowest BCUT2D eigenvalue weighted by atomic mass is 9.98. The number of carbonyl (C=O) groups is 2. The van der Waals surface area contributed by atoms with Crippen LogP contribution in [0.1, 0.15) is 5.56 Å². The lowest BCUT2D eigenvalue weighted by Crippen LogP contribution is -2.55. The molecule has 0 saturated carbocycles. The standard InChI is InChI=1S/C19H18FN3O5/c1-12-8-14(23(26)27)6-7-16(12)21-19(25)13-9-22(10-13)18(24)11-28-17-5-3-2-4-15(17)20/h2-8,13H,9-11H2,1H3,(H,21,25). The predicted molar refractivity (Wildman–Crippen MR) is 98.4 cm³/mol. The summed E-state index contributed by atoms with van der Waals surface area (Å²) in [6, 6.07) is 9.98. The monoisotopic (exact) mass is 387 g/mol. The highest BCUT2D eigenvalue weighted by molar-refractivity contribution is 5.95. The molecule has 8 nitrogen and oxygen atoms in total. The Hall–Kier alpha value is -3.49. The van der Waals surface area contributed by atoms with Gasteiger partial charge in [-0.15, -0.1) is 0 Å². The molecular formula is C19H18FN3O5. The molecule has 1 saturated heterocycles. The number of ether oxygens (including phenoxy) is 1. The van der Waals surface area contributed by atoms with Gasteiger partial charge < -0.3 is 15.0 Å². The summed E-state index contributed by atoms with van der Waals surface area (Å²) in [6.07, 6.45) is 0. The fourth-order valence-corrected chi connectivity index (χ4v) is 2.78. The van der Waals surface area contributed by atoms with Crippen molar-refractivity contribution < 1.29 is 23.6 Å². The van der Waals surface area contributed by atoms with Crippen molar-refractivity contribution in [3.63, 3.8) is 0 Å². The van der Waals surface area contributed by atoms with Crippen LogP contribution in [0.4, 0.5) is 15.8 Å². The molecule has 2 amide bonds. The first kappa shape index (κ1) is 19.3. The predicted octanol–water partition coefficient (Wildman–Crippen LogP) is 2.52. The fourth-order valence-electron chi connectivity index (χ4n) is 2.78. The van der Waals surface area contributed by atoms with Crippen molar-refractivity contribution in [3.8, 4) is 5.75 Å².